The minimum absolute atomic E-state index is 0.226. The lowest BCUT2D eigenvalue weighted by Crippen LogP contribution is -2.39. The van der Waals surface area contributed by atoms with E-state index in [0.29, 0.717) is 26.4 Å². The molecule has 2 aromatic carbocycles. The van der Waals surface area contributed by atoms with Gasteiger partial charge in [0.25, 0.3) is 5.56 Å². The Balaban J connectivity index is 1.86. The van der Waals surface area contributed by atoms with Gasteiger partial charge in [-0.2, -0.15) is 0 Å². The Bertz CT molecular complexity index is 1460. The van der Waals surface area contributed by atoms with E-state index >= 15 is 0 Å². The van der Waals surface area contributed by atoms with Crippen LogP contribution < -0.4 is 19.6 Å². The number of benzene rings is 2. The third kappa shape index (κ3) is 4.63. The van der Waals surface area contributed by atoms with Crippen LogP contribution in [0.25, 0.3) is 6.08 Å². The van der Waals surface area contributed by atoms with Crippen molar-refractivity contribution in [1.29, 1.82) is 0 Å². The van der Waals surface area contributed by atoms with Gasteiger partial charge in [-0.05, 0) is 50.1 Å². The van der Waals surface area contributed by atoms with E-state index in [-0.39, 0.29) is 12.2 Å². The first-order valence-corrected chi connectivity index (χ1v) is 11.6. The monoisotopic (exact) mass is 476 g/mol. The molecule has 0 spiro atoms. The first-order chi connectivity index (χ1) is 16.3. The smallest absolute Gasteiger partial charge is 0.338 e. The lowest BCUT2D eigenvalue weighted by Gasteiger charge is -2.24. The van der Waals surface area contributed by atoms with Crippen molar-refractivity contribution in [3.8, 4) is 5.75 Å². The molecule has 0 radical (unpaired) electrons. The van der Waals surface area contributed by atoms with Crippen LogP contribution in [0, 0.1) is 6.92 Å². The fraction of sp³-hybridized carbons (Fsp3) is 0.231. The second kappa shape index (κ2) is 9.61. The van der Waals surface area contributed by atoms with Gasteiger partial charge in [-0.15, -0.1) is 0 Å². The number of allylic oxidation sites excluding steroid dienone is 1. The predicted molar refractivity (Wildman–Crippen MR) is 129 cm³/mol. The molecule has 0 bridgehead atoms. The number of carbonyl (C=O) groups is 2. The normalized spacial score (nSPS) is 15.5. The maximum absolute atomic E-state index is 13.6. The molecule has 0 saturated heterocycles. The van der Waals surface area contributed by atoms with E-state index in [4.69, 9.17) is 9.47 Å². The topological polar surface area (TPSA) is 87.0 Å². The molecule has 34 heavy (non-hydrogen) atoms. The van der Waals surface area contributed by atoms with Gasteiger partial charge in [0.15, 0.2) is 4.80 Å². The maximum atomic E-state index is 13.6. The molecule has 1 aliphatic heterocycles. The van der Waals surface area contributed by atoms with Crippen LogP contribution in [0.15, 0.2) is 69.6 Å². The molecule has 8 heteroatoms. The van der Waals surface area contributed by atoms with Crippen LogP contribution in [-0.2, 0) is 14.3 Å². The van der Waals surface area contributed by atoms with E-state index in [9.17, 15) is 14.4 Å². The first-order valence-electron chi connectivity index (χ1n) is 10.8. The van der Waals surface area contributed by atoms with Gasteiger partial charge in [-0.25, -0.2) is 9.79 Å². The van der Waals surface area contributed by atoms with Gasteiger partial charge in [0.05, 0.1) is 28.5 Å². The van der Waals surface area contributed by atoms with E-state index in [1.165, 1.54) is 18.3 Å². The molecule has 174 valence electrons. The van der Waals surface area contributed by atoms with Crippen LogP contribution in [0.1, 0.15) is 43.5 Å². The number of hydrogen-bond donors (Lipinski definition) is 0. The van der Waals surface area contributed by atoms with Crippen molar-refractivity contribution in [2.75, 3.05) is 6.61 Å². The molecule has 1 aliphatic rings. The fourth-order valence-corrected chi connectivity index (χ4v) is 4.85. The summed E-state index contributed by atoms with van der Waals surface area (Å²) in [6.45, 7) is 7.06. The summed E-state index contributed by atoms with van der Waals surface area (Å²) in [4.78, 5) is 42.7. The summed E-state index contributed by atoms with van der Waals surface area (Å²) in [5, 5.41) is 0. The Morgan fingerprint density at radius 3 is 2.38 bits per heavy atom. The second-order valence-corrected chi connectivity index (χ2v) is 8.88. The molecule has 1 atom stereocenters. The summed E-state index contributed by atoms with van der Waals surface area (Å²) >= 11 is 1.26. The van der Waals surface area contributed by atoms with Gasteiger partial charge in [0.2, 0.25) is 0 Å². The maximum Gasteiger partial charge on any atom is 0.338 e. The first kappa shape index (κ1) is 23.4. The van der Waals surface area contributed by atoms with Crippen molar-refractivity contribution in [3.63, 3.8) is 0 Å². The highest BCUT2D eigenvalue weighted by atomic mass is 32.1. The number of ether oxygens (including phenoxy) is 2. The van der Waals surface area contributed by atoms with Gasteiger partial charge < -0.3 is 9.47 Å². The zero-order valence-corrected chi connectivity index (χ0v) is 20.1. The second-order valence-electron chi connectivity index (χ2n) is 7.88. The SMILES string of the molecule is CCOC(=O)C1=C(C)N=c2s/c(=C/c3ccc(OC(C)=O)cc3)c(=O)n2C1c1ccc(C)cc1. The minimum atomic E-state index is -0.635. The van der Waals surface area contributed by atoms with Crippen molar-refractivity contribution in [2.45, 2.75) is 33.7 Å². The summed E-state index contributed by atoms with van der Waals surface area (Å²) in [5.41, 5.74) is 3.30. The Kier molecular flexibility index (Phi) is 6.61. The molecular formula is C26H24N2O5S. The molecule has 4 rings (SSSR count). The van der Waals surface area contributed by atoms with Crippen molar-refractivity contribution in [2.24, 2.45) is 4.99 Å². The van der Waals surface area contributed by atoms with Crippen molar-refractivity contribution in [3.05, 3.63) is 96.2 Å². The summed E-state index contributed by atoms with van der Waals surface area (Å²) in [7, 11) is 0. The van der Waals surface area contributed by atoms with Crippen LogP contribution in [-0.4, -0.2) is 23.1 Å². The minimum Gasteiger partial charge on any atom is -0.463 e. The summed E-state index contributed by atoms with van der Waals surface area (Å²) in [5.74, 6) is -0.449. The van der Waals surface area contributed by atoms with E-state index in [0.717, 1.165) is 16.7 Å². The fourth-order valence-electron chi connectivity index (χ4n) is 3.81. The molecule has 0 saturated carbocycles. The highest BCUT2D eigenvalue weighted by Gasteiger charge is 2.33. The third-order valence-electron chi connectivity index (χ3n) is 5.35. The number of thiazole rings is 1. The molecule has 2 heterocycles. The Morgan fingerprint density at radius 2 is 1.76 bits per heavy atom. The van der Waals surface area contributed by atoms with Gasteiger partial charge in [-0.1, -0.05) is 53.3 Å². The molecule has 3 aromatic rings. The summed E-state index contributed by atoms with van der Waals surface area (Å²) in [6, 6.07) is 14.0. The molecule has 0 aliphatic carbocycles. The van der Waals surface area contributed by atoms with Crippen molar-refractivity contribution in [1.82, 2.24) is 4.57 Å². The van der Waals surface area contributed by atoms with Crippen molar-refractivity contribution < 1.29 is 19.1 Å². The number of fused-ring (bicyclic) bond motifs is 1. The Hall–Kier alpha value is -3.78. The zero-order valence-electron chi connectivity index (χ0n) is 19.3. The molecule has 7 nitrogen and oxygen atoms in total. The van der Waals surface area contributed by atoms with Crippen LogP contribution in [0.5, 0.6) is 5.75 Å². The highest BCUT2D eigenvalue weighted by Crippen LogP contribution is 2.30. The molecule has 1 unspecified atom stereocenters. The molecule has 0 fully saturated rings. The summed E-state index contributed by atoms with van der Waals surface area (Å²) in [6.07, 6.45) is 1.76. The third-order valence-corrected chi connectivity index (χ3v) is 6.33. The van der Waals surface area contributed by atoms with Crippen LogP contribution in [0.2, 0.25) is 0 Å². The lowest BCUT2D eigenvalue weighted by molar-refractivity contribution is -0.139. The largest absolute Gasteiger partial charge is 0.463 e. The van der Waals surface area contributed by atoms with Gasteiger partial charge in [-0.3, -0.25) is 14.2 Å². The summed E-state index contributed by atoms with van der Waals surface area (Å²) < 4.78 is 12.4. The van der Waals surface area contributed by atoms with Crippen LogP contribution >= 0.6 is 11.3 Å². The lowest BCUT2D eigenvalue weighted by atomic mass is 9.95. The molecule has 0 amide bonds. The zero-order chi connectivity index (χ0) is 24.4. The standard InChI is InChI=1S/C26H24N2O5S/c1-5-32-25(31)22-16(3)27-26-28(23(22)19-10-6-15(2)7-11-19)24(30)21(34-26)14-18-8-12-20(13-9-18)33-17(4)29/h6-14,23H,5H2,1-4H3/b21-14+. The van der Waals surface area contributed by atoms with E-state index in [2.05, 4.69) is 4.99 Å². The van der Waals surface area contributed by atoms with E-state index in [1.54, 1.807) is 48.8 Å². The van der Waals surface area contributed by atoms with E-state index < -0.39 is 18.0 Å². The van der Waals surface area contributed by atoms with Gasteiger partial charge in [0, 0.05) is 6.92 Å². The van der Waals surface area contributed by atoms with Crippen molar-refractivity contribution >= 4 is 29.4 Å². The van der Waals surface area contributed by atoms with Gasteiger partial charge >= 0.3 is 11.9 Å². The van der Waals surface area contributed by atoms with Crippen LogP contribution in [0.4, 0.5) is 0 Å². The average molecular weight is 477 g/mol. The number of rotatable bonds is 5. The van der Waals surface area contributed by atoms with Gasteiger partial charge in [0.1, 0.15) is 5.75 Å². The van der Waals surface area contributed by atoms with Crippen LogP contribution in [0.3, 0.4) is 0 Å². The molecular weight excluding hydrogens is 452 g/mol. The number of carbonyl (C=O) groups excluding carboxylic acids is 2. The number of nitrogens with zero attached hydrogens (tertiary/aromatic N) is 2. The number of esters is 2. The Morgan fingerprint density at radius 1 is 1.09 bits per heavy atom. The highest BCUT2D eigenvalue weighted by molar-refractivity contribution is 7.07. The molecule has 0 N–H and O–H groups in total. The average Bonchev–Trinajstić information content (AvgIpc) is 3.09. The molecule has 1 aromatic heterocycles. The predicted octanol–water partition coefficient (Wildman–Crippen LogP) is 3.03. The number of hydrogen-bond acceptors (Lipinski definition) is 7. The Labute approximate surface area is 200 Å². The van der Waals surface area contributed by atoms with E-state index in [1.807, 2.05) is 31.2 Å². The number of aryl methyl sites for hydroxylation is 1. The quantitative estimate of drug-likeness (QED) is 0.417. The number of aromatic nitrogens is 1.